The summed E-state index contributed by atoms with van der Waals surface area (Å²) in [6.07, 6.45) is 0. The molecule has 0 unspecified atom stereocenters. The minimum atomic E-state index is -0.237. The second kappa shape index (κ2) is 7.30. The van der Waals surface area contributed by atoms with Gasteiger partial charge in [-0.05, 0) is 49.4 Å². The Labute approximate surface area is 124 Å². The molecule has 0 aromatic heterocycles. The molecule has 0 N–H and O–H groups in total. The molecule has 0 atom stereocenters. The summed E-state index contributed by atoms with van der Waals surface area (Å²) in [7, 11) is 0. The molecule has 2 aromatic rings. The van der Waals surface area contributed by atoms with Crippen LogP contribution >= 0.6 is 0 Å². The molecule has 4 heteroatoms. The Hall–Kier alpha value is -2.54. The third-order valence-electron chi connectivity index (χ3n) is 3.17. The van der Waals surface area contributed by atoms with E-state index < -0.39 is 0 Å². The number of likely N-dealkylation sites (N-methyl/N-ethyl adjacent to an activating group) is 1. The number of ether oxygens (including phenoxy) is 1. The number of nitrogens with zero attached hydrogens (tertiary/aromatic N) is 2. The first-order valence-electron chi connectivity index (χ1n) is 6.86. The summed E-state index contributed by atoms with van der Waals surface area (Å²) in [4.78, 5) is 2.10. The first kappa shape index (κ1) is 14.9. The Morgan fingerprint density at radius 3 is 2.62 bits per heavy atom. The Kier molecular flexibility index (Phi) is 5.16. The van der Waals surface area contributed by atoms with Gasteiger partial charge in [-0.3, -0.25) is 0 Å². The van der Waals surface area contributed by atoms with Crippen LogP contribution in [0.1, 0.15) is 12.5 Å². The van der Waals surface area contributed by atoms with Crippen molar-refractivity contribution < 1.29 is 9.13 Å². The van der Waals surface area contributed by atoms with Crippen LogP contribution in [0.25, 0.3) is 0 Å². The van der Waals surface area contributed by atoms with Crippen LogP contribution in [-0.2, 0) is 0 Å². The van der Waals surface area contributed by atoms with Crippen molar-refractivity contribution in [3.8, 4) is 11.8 Å². The fraction of sp³-hybridized carbons (Fsp3) is 0.235. The smallest absolute Gasteiger partial charge is 0.123 e. The Morgan fingerprint density at radius 2 is 1.95 bits per heavy atom. The summed E-state index contributed by atoms with van der Waals surface area (Å²) in [5.41, 5.74) is 1.55. The normalized spacial score (nSPS) is 9.95. The number of halogens is 1. The summed E-state index contributed by atoms with van der Waals surface area (Å²) in [5.74, 6) is 0.448. The lowest BCUT2D eigenvalue weighted by Crippen LogP contribution is -2.28. The molecule has 2 rings (SSSR count). The van der Waals surface area contributed by atoms with Gasteiger partial charge in [-0.25, -0.2) is 4.39 Å². The van der Waals surface area contributed by atoms with E-state index in [2.05, 4.69) is 11.0 Å². The van der Waals surface area contributed by atoms with Gasteiger partial charge in [0.05, 0.1) is 18.2 Å². The van der Waals surface area contributed by atoms with E-state index in [1.165, 1.54) is 12.1 Å². The highest BCUT2D eigenvalue weighted by molar-refractivity contribution is 5.46. The molecular formula is C17H17FN2O. The lowest BCUT2D eigenvalue weighted by atomic mass is 10.2. The van der Waals surface area contributed by atoms with E-state index in [1.807, 2.05) is 13.0 Å². The molecule has 2 aromatic carbocycles. The van der Waals surface area contributed by atoms with Crippen molar-refractivity contribution in [3.63, 3.8) is 0 Å². The highest BCUT2D eigenvalue weighted by Crippen LogP contribution is 2.16. The van der Waals surface area contributed by atoms with E-state index in [0.717, 1.165) is 12.2 Å². The van der Waals surface area contributed by atoms with Gasteiger partial charge in [0.15, 0.2) is 0 Å². The summed E-state index contributed by atoms with van der Waals surface area (Å²) in [6.45, 7) is 4.05. The van der Waals surface area contributed by atoms with Crippen molar-refractivity contribution in [3.05, 3.63) is 59.9 Å². The average molecular weight is 284 g/mol. The van der Waals surface area contributed by atoms with Crippen molar-refractivity contribution in [2.45, 2.75) is 6.92 Å². The van der Waals surface area contributed by atoms with Crippen molar-refractivity contribution >= 4 is 5.69 Å². The molecule has 0 bridgehead atoms. The third-order valence-corrected chi connectivity index (χ3v) is 3.17. The maximum atomic E-state index is 12.9. The van der Waals surface area contributed by atoms with Crippen LogP contribution in [-0.4, -0.2) is 19.7 Å². The van der Waals surface area contributed by atoms with Crippen molar-refractivity contribution in [1.29, 1.82) is 5.26 Å². The van der Waals surface area contributed by atoms with Crippen LogP contribution in [0, 0.1) is 17.1 Å². The van der Waals surface area contributed by atoms with Gasteiger partial charge in [0.1, 0.15) is 18.2 Å². The zero-order chi connectivity index (χ0) is 15.1. The standard InChI is InChI=1S/C17H17FN2O/c1-2-20(16-8-6-15(18)7-9-16)10-11-21-17-5-3-4-14(12-17)13-19/h3-9,12H,2,10-11H2,1H3. The Morgan fingerprint density at radius 1 is 1.19 bits per heavy atom. The lowest BCUT2D eigenvalue weighted by molar-refractivity contribution is 0.324. The van der Waals surface area contributed by atoms with Crippen molar-refractivity contribution in [2.75, 3.05) is 24.6 Å². The first-order chi connectivity index (χ1) is 10.2. The fourth-order valence-electron chi connectivity index (χ4n) is 2.05. The van der Waals surface area contributed by atoms with Crippen LogP contribution in [0.15, 0.2) is 48.5 Å². The van der Waals surface area contributed by atoms with Crippen LogP contribution in [0.4, 0.5) is 10.1 Å². The predicted molar refractivity (Wildman–Crippen MR) is 80.9 cm³/mol. The minimum absolute atomic E-state index is 0.237. The van der Waals surface area contributed by atoms with E-state index in [1.54, 1.807) is 30.3 Å². The summed E-state index contributed by atoms with van der Waals surface area (Å²) in [5, 5.41) is 8.84. The van der Waals surface area contributed by atoms with Crippen LogP contribution < -0.4 is 9.64 Å². The van der Waals surface area contributed by atoms with Gasteiger partial charge in [-0.2, -0.15) is 5.26 Å². The van der Waals surface area contributed by atoms with E-state index in [0.29, 0.717) is 24.5 Å². The second-order valence-electron chi connectivity index (χ2n) is 4.54. The molecule has 108 valence electrons. The molecule has 0 aliphatic rings. The van der Waals surface area contributed by atoms with Gasteiger partial charge in [-0.1, -0.05) is 6.07 Å². The quantitative estimate of drug-likeness (QED) is 0.813. The highest BCUT2D eigenvalue weighted by atomic mass is 19.1. The maximum absolute atomic E-state index is 12.9. The molecule has 0 aliphatic heterocycles. The van der Waals surface area contributed by atoms with Gasteiger partial charge < -0.3 is 9.64 Å². The van der Waals surface area contributed by atoms with Gasteiger partial charge in [0.25, 0.3) is 0 Å². The lowest BCUT2D eigenvalue weighted by Gasteiger charge is -2.23. The van der Waals surface area contributed by atoms with Crippen LogP contribution in [0.3, 0.4) is 0 Å². The molecule has 3 nitrogen and oxygen atoms in total. The van der Waals surface area contributed by atoms with Crippen LogP contribution in [0.2, 0.25) is 0 Å². The highest BCUT2D eigenvalue weighted by Gasteiger charge is 2.05. The number of rotatable bonds is 6. The Balaban J connectivity index is 1.91. The number of anilines is 1. The van der Waals surface area contributed by atoms with E-state index in [-0.39, 0.29) is 5.82 Å². The van der Waals surface area contributed by atoms with E-state index in [9.17, 15) is 4.39 Å². The molecule has 0 aliphatic carbocycles. The SMILES string of the molecule is CCN(CCOc1cccc(C#N)c1)c1ccc(F)cc1. The summed E-state index contributed by atoms with van der Waals surface area (Å²) >= 11 is 0. The molecule has 21 heavy (non-hydrogen) atoms. The minimum Gasteiger partial charge on any atom is -0.492 e. The maximum Gasteiger partial charge on any atom is 0.123 e. The first-order valence-corrected chi connectivity index (χ1v) is 6.86. The zero-order valence-corrected chi connectivity index (χ0v) is 11.9. The molecular weight excluding hydrogens is 267 g/mol. The molecule has 0 heterocycles. The average Bonchev–Trinajstić information content (AvgIpc) is 2.53. The topological polar surface area (TPSA) is 36.3 Å². The van der Waals surface area contributed by atoms with Crippen molar-refractivity contribution in [2.24, 2.45) is 0 Å². The largest absolute Gasteiger partial charge is 0.492 e. The molecule has 0 spiro atoms. The predicted octanol–water partition coefficient (Wildman–Crippen LogP) is 3.60. The summed E-state index contributed by atoms with van der Waals surface area (Å²) in [6, 6.07) is 15.6. The van der Waals surface area contributed by atoms with Gasteiger partial charge >= 0.3 is 0 Å². The number of hydrogen-bond donors (Lipinski definition) is 0. The Bertz CT molecular complexity index is 619. The molecule has 0 radical (unpaired) electrons. The van der Waals surface area contributed by atoms with Crippen molar-refractivity contribution in [1.82, 2.24) is 0 Å². The van der Waals surface area contributed by atoms with E-state index in [4.69, 9.17) is 10.00 Å². The number of nitriles is 1. The monoisotopic (exact) mass is 284 g/mol. The van der Waals surface area contributed by atoms with Gasteiger partial charge in [0.2, 0.25) is 0 Å². The third kappa shape index (κ3) is 4.22. The molecule has 0 saturated heterocycles. The van der Waals surface area contributed by atoms with Crippen LogP contribution in [0.5, 0.6) is 5.75 Å². The molecule has 0 fully saturated rings. The zero-order valence-electron chi connectivity index (χ0n) is 11.9. The molecule has 0 amide bonds. The number of benzene rings is 2. The second-order valence-corrected chi connectivity index (χ2v) is 4.54. The molecule has 0 saturated carbocycles. The van der Waals surface area contributed by atoms with E-state index >= 15 is 0 Å². The summed E-state index contributed by atoms with van der Waals surface area (Å²) < 4.78 is 18.6. The van der Waals surface area contributed by atoms with Gasteiger partial charge in [-0.15, -0.1) is 0 Å². The van der Waals surface area contributed by atoms with Gasteiger partial charge in [0, 0.05) is 12.2 Å². The number of hydrogen-bond acceptors (Lipinski definition) is 3. The fourth-order valence-corrected chi connectivity index (χ4v) is 2.05.